The molecule has 1 amide bonds. The monoisotopic (exact) mass is 251 g/mol. The van der Waals surface area contributed by atoms with E-state index in [0.29, 0.717) is 24.6 Å². The van der Waals surface area contributed by atoms with Crippen molar-refractivity contribution in [2.24, 2.45) is 0 Å². The summed E-state index contributed by atoms with van der Waals surface area (Å²) >= 11 is 0. The Morgan fingerprint density at radius 3 is 2.71 bits per heavy atom. The van der Waals surface area contributed by atoms with Crippen molar-refractivity contribution in [3.63, 3.8) is 0 Å². The van der Waals surface area contributed by atoms with E-state index in [2.05, 4.69) is 6.92 Å². The molecule has 1 heterocycles. The number of hydrogen-bond donors (Lipinski definition) is 0. The van der Waals surface area contributed by atoms with Crippen LogP contribution in [-0.2, 0) is 17.2 Å². The Morgan fingerprint density at radius 2 is 2.06 bits per heavy atom. The van der Waals surface area contributed by atoms with Gasteiger partial charge in [-0.15, -0.1) is 0 Å². The molecule has 1 fully saturated rings. The molecule has 0 aromatic heterocycles. The second-order valence-corrected chi connectivity index (χ2v) is 5.89. The Labute approximate surface area is 104 Å². The molecule has 2 rings (SSSR count). The summed E-state index contributed by atoms with van der Waals surface area (Å²) in [6.07, 6.45) is 0.936. The molecule has 3 nitrogen and oxygen atoms in total. The first-order valence-electron chi connectivity index (χ1n) is 5.94. The third-order valence-corrected chi connectivity index (χ3v) is 4.32. The molecular weight excluding hydrogens is 234 g/mol. The molecule has 0 unspecified atom stereocenters. The van der Waals surface area contributed by atoms with Crippen molar-refractivity contribution in [2.75, 3.05) is 24.6 Å². The minimum Gasteiger partial charge on any atom is -0.337 e. The highest BCUT2D eigenvalue weighted by Crippen LogP contribution is 2.11. The van der Waals surface area contributed by atoms with Gasteiger partial charge in [-0.1, -0.05) is 19.1 Å². The zero-order chi connectivity index (χ0) is 12.3. The summed E-state index contributed by atoms with van der Waals surface area (Å²) in [4.78, 5) is 14.0. The number of aryl methyl sites for hydroxylation is 1. The normalized spacial score (nSPS) is 17.1. The van der Waals surface area contributed by atoms with Crippen molar-refractivity contribution >= 4 is 16.7 Å². The molecule has 1 aliphatic rings. The van der Waals surface area contributed by atoms with Crippen molar-refractivity contribution in [2.45, 2.75) is 13.3 Å². The SMILES string of the molecule is CCc1cccc(C(=O)N2CCS(=O)CC2)c1. The average Bonchev–Trinajstić information content (AvgIpc) is 2.39. The molecule has 1 aromatic carbocycles. The zero-order valence-corrected chi connectivity index (χ0v) is 10.8. The number of carbonyl (C=O) groups excluding carboxylic acids is 1. The standard InChI is InChI=1S/C13H17NO2S/c1-2-11-4-3-5-12(10-11)13(15)14-6-8-17(16)9-7-14/h3-5,10H,2,6-9H2,1H3. The van der Waals surface area contributed by atoms with E-state index in [4.69, 9.17) is 0 Å². The number of hydrogen-bond acceptors (Lipinski definition) is 2. The van der Waals surface area contributed by atoms with Crippen molar-refractivity contribution in [3.8, 4) is 0 Å². The highest BCUT2D eigenvalue weighted by molar-refractivity contribution is 7.85. The van der Waals surface area contributed by atoms with Crippen LogP contribution in [0.3, 0.4) is 0 Å². The van der Waals surface area contributed by atoms with Crippen molar-refractivity contribution in [1.82, 2.24) is 4.90 Å². The second kappa shape index (κ2) is 5.45. The van der Waals surface area contributed by atoms with E-state index in [9.17, 15) is 9.00 Å². The van der Waals surface area contributed by atoms with Gasteiger partial charge < -0.3 is 4.90 Å². The zero-order valence-electron chi connectivity index (χ0n) is 10.0. The third kappa shape index (κ3) is 2.94. The minimum atomic E-state index is -0.734. The maximum absolute atomic E-state index is 12.2. The maximum Gasteiger partial charge on any atom is 0.253 e. The van der Waals surface area contributed by atoms with Gasteiger partial charge in [0.2, 0.25) is 0 Å². The molecule has 1 aliphatic heterocycles. The van der Waals surface area contributed by atoms with Gasteiger partial charge in [-0.25, -0.2) is 0 Å². The van der Waals surface area contributed by atoms with Crippen LogP contribution in [0, 0.1) is 0 Å². The van der Waals surface area contributed by atoms with Gasteiger partial charge in [0.1, 0.15) is 0 Å². The Kier molecular flexibility index (Phi) is 3.94. The van der Waals surface area contributed by atoms with E-state index in [0.717, 1.165) is 12.0 Å². The van der Waals surface area contributed by atoms with Gasteiger partial charge >= 0.3 is 0 Å². The molecule has 0 radical (unpaired) electrons. The fraction of sp³-hybridized carbons (Fsp3) is 0.462. The molecule has 0 aliphatic carbocycles. The van der Waals surface area contributed by atoms with Gasteiger partial charge in [-0.05, 0) is 24.1 Å². The van der Waals surface area contributed by atoms with E-state index in [1.54, 1.807) is 4.90 Å². The van der Waals surface area contributed by atoms with Crippen LogP contribution in [0.25, 0.3) is 0 Å². The Bertz CT molecular complexity index is 435. The van der Waals surface area contributed by atoms with E-state index in [1.807, 2.05) is 24.3 Å². The third-order valence-electron chi connectivity index (χ3n) is 3.05. The summed E-state index contributed by atoms with van der Waals surface area (Å²) in [5.74, 6) is 1.29. The molecular formula is C13H17NO2S. The van der Waals surface area contributed by atoms with Crippen LogP contribution in [0.5, 0.6) is 0 Å². The molecule has 4 heteroatoms. The summed E-state index contributed by atoms with van der Waals surface area (Å²) in [6.45, 7) is 3.30. The number of nitrogens with zero attached hydrogens (tertiary/aromatic N) is 1. The molecule has 0 atom stereocenters. The van der Waals surface area contributed by atoms with Crippen LogP contribution < -0.4 is 0 Å². The van der Waals surface area contributed by atoms with Gasteiger partial charge in [-0.2, -0.15) is 0 Å². The van der Waals surface area contributed by atoms with Gasteiger partial charge in [0.15, 0.2) is 0 Å². The molecule has 0 spiro atoms. The quantitative estimate of drug-likeness (QED) is 0.798. The lowest BCUT2D eigenvalue weighted by molar-refractivity contribution is 0.0771. The maximum atomic E-state index is 12.2. The lowest BCUT2D eigenvalue weighted by Gasteiger charge is -2.26. The largest absolute Gasteiger partial charge is 0.337 e. The predicted molar refractivity (Wildman–Crippen MR) is 69.6 cm³/mol. The average molecular weight is 251 g/mol. The van der Waals surface area contributed by atoms with Gasteiger partial charge in [0, 0.05) is 41.0 Å². The molecule has 92 valence electrons. The number of carbonyl (C=O) groups is 1. The second-order valence-electron chi connectivity index (χ2n) is 4.19. The topological polar surface area (TPSA) is 37.4 Å². The Morgan fingerprint density at radius 1 is 1.35 bits per heavy atom. The molecule has 0 bridgehead atoms. The van der Waals surface area contributed by atoms with Crippen molar-refractivity contribution in [3.05, 3.63) is 35.4 Å². The van der Waals surface area contributed by atoms with Crippen LogP contribution in [0.4, 0.5) is 0 Å². The fourth-order valence-corrected chi connectivity index (χ4v) is 3.00. The molecule has 0 N–H and O–H groups in total. The van der Waals surface area contributed by atoms with E-state index in [1.165, 1.54) is 5.56 Å². The Balaban J connectivity index is 2.10. The summed E-state index contributed by atoms with van der Waals surface area (Å²) in [6, 6.07) is 7.76. The van der Waals surface area contributed by atoms with Crippen LogP contribution in [0.1, 0.15) is 22.8 Å². The first-order valence-corrected chi connectivity index (χ1v) is 7.42. The lowest BCUT2D eigenvalue weighted by atomic mass is 10.1. The van der Waals surface area contributed by atoms with Gasteiger partial charge in [0.25, 0.3) is 5.91 Å². The summed E-state index contributed by atoms with van der Waals surface area (Å²) < 4.78 is 11.2. The molecule has 1 aromatic rings. The van der Waals surface area contributed by atoms with Crippen LogP contribution in [0.2, 0.25) is 0 Å². The van der Waals surface area contributed by atoms with Crippen LogP contribution >= 0.6 is 0 Å². The van der Waals surface area contributed by atoms with Crippen molar-refractivity contribution < 1.29 is 9.00 Å². The molecule has 0 saturated carbocycles. The first kappa shape index (κ1) is 12.3. The summed E-state index contributed by atoms with van der Waals surface area (Å²) in [5.41, 5.74) is 1.92. The van der Waals surface area contributed by atoms with Gasteiger partial charge in [-0.3, -0.25) is 9.00 Å². The number of rotatable bonds is 2. The van der Waals surface area contributed by atoms with E-state index < -0.39 is 10.8 Å². The van der Waals surface area contributed by atoms with Crippen LogP contribution in [-0.4, -0.2) is 39.6 Å². The predicted octanol–water partition coefficient (Wildman–Crippen LogP) is 1.45. The van der Waals surface area contributed by atoms with Gasteiger partial charge in [0.05, 0.1) is 0 Å². The van der Waals surface area contributed by atoms with Crippen molar-refractivity contribution in [1.29, 1.82) is 0 Å². The minimum absolute atomic E-state index is 0.0667. The van der Waals surface area contributed by atoms with Crippen LogP contribution in [0.15, 0.2) is 24.3 Å². The smallest absolute Gasteiger partial charge is 0.253 e. The highest BCUT2D eigenvalue weighted by atomic mass is 32.2. The van der Waals surface area contributed by atoms with E-state index >= 15 is 0 Å². The van der Waals surface area contributed by atoms with E-state index in [-0.39, 0.29) is 5.91 Å². The fourth-order valence-electron chi connectivity index (χ4n) is 1.95. The lowest BCUT2D eigenvalue weighted by Crippen LogP contribution is -2.41. The molecule has 1 saturated heterocycles. The highest BCUT2D eigenvalue weighted by Gasteiger charge is 2.21. The first-order chi connectivity index (χ1) is 8.20. The number of benzene rings is 1. The summed E-state index contributed by atoms with van der Waals surface area (Å²) in [5, 5.41) is 0. The molecule has 17 heavy (non-hydrogen) atoms. The number of amides is 1. The Hall–Kier alpha value is -1.16. The summed E-state index contributed by atoms with van der Waals surface area (Å²) in [7, 11) is -0.734.